The zero-order valence-corrected chi connectivity index (χ0v) is 15.1. The van der Waals surface area contributed by atoms with Crippen molar-refractivity contribution < 1.29 is 10.1 Å². The molecule has 24 heavy (non-hydrogen) atoms. The number of nitrogens with one attached hydrogen (secondary N) is 1. The molecule has 1 fully saturated rings. The minimum atomic E-state index is -0.0444. The van der Waals surface area contributed by atoms with Gasteiger partial charge in [-0.1, -0.05) is 6.07 Å². The van der Waals surface area contributed by atoms with Crippen LogP contribution in [0.2, 0.25) is 0 Å². The van der Waals surface area contributed by atoms with Gasteiger partial charge in [-0.2, -0.15) is 0 Å². The van der Waals surface area contributed by atoms with Gasteiger partial charge in [-0.15, -0.1) is 22.7 Å². The molecule has 1 aliphatic heterocycles. The van der Waals surface area contributed by atoms with Gasteiger partial charge in [0.05, 0.1) is 5.39 Å². The van der Waals surface area contributed by atoms with Crippen LogP contribution in [0.5, 0.6) is 0 Å². The second-order valence-electron chi connectivity index (χ2n) is 6.15. The van der Waals surface area contributed by atoms with Crippen molar-refractivity contribution in [3.63, 3.8) is 0 Å². The van der Waals surface area contributed by atoms with Crippen LogP contribution in [0.3, 0.4) is 0 Å². The summed E-state index contributed by atoms with van der Waals surface area (Å²) in [6.45, 7) is 3.86. The third-order valence-electron chi connectivity index (χ3n) is 4.46. The number of thiophene rings is 2. The maximum absolute atomic E-state index is 12.6. The largest absolute Gasteiger partial charge is 0.372 e. The lowest BCUT2D eigenvalue weighted by Gasteiger charge is -2.13. The number of ether oxygens (including phenoxy) is 1. The molecule has 1 aliphatic rings. The molecular formula is C17H20N3O2S2+. The summed E-state index contributed by atoms with van der Waals surface area (Å²) >= 11 is 3.18. The molecule has 7 heteroatoms. The molecule has 0 spiro atoms. The third-order valence-corrected chi connectivity index (χ3v) is 6.23. The van der Waals surface area contributed by atoms with E-state index >= 15 is 0 Å². The molecule has 0 saturated carbocycles. The number of aromatic nitrogens is 2. The Morgan fingerprint density at radius 2 is 2.42 bits per heavy atom. The topological polar surface area (TPSA) is 71.6 Å². The number of rotatable bonds is 5. The first kappa shape index (κ1) is 16.0. The van der Waals surface area contributed by atoms with E-state index in [1.165, 1.54) is 11.3 Å². The van der Waals surface area contributed by atoms with Crippen molar-refractivity contribution in [1.82, 2.24) is 9.97 Å². The number of quaternary nitrogens is 1. The normalized spacial score (nSPS) is 19.1. The van der Waals surface area contributed by atoms with Crippen molar-refractivity contribution in [2.24, 2.45) is 0 Å². The summed E-state index contributed by atoms with van der Waals surface area (Å²) in [5, 5.41) is 6.96. The molecular weight excluding hydrogens is 342 g/mol. The Hall–Kier alpha value is -1.54. The number of H-pyrrole nitrogens is 1. The van der Waals surface area contributed by atoms with Gasteiger partial charge < -0.3 is 15.0 Å². The Labute approximate surface area is 147 Å². The minimum absolute atomic E-state index is 0.0444. The third kappa shape index (κ3) is 3.04. The van der Waals surface area contributed by atoms with Crippen molar-refractivity contribution in [2.45, 2.75) is 31.9 Å². The van der Waals surface area contributed by atoms with Gasteiger partial charge in [0.1, 0.15) is 23.5 Å². The average molecular weight is 363 g/mol. The highest BCUT2D eigenvalue weighted by atomic mass is 32.1. The number of nitrogens with two attached hydrogens (primary N) is 1. The molecule has 4 rings (SSSR count). The van der Waals surface area contributed by atoms with E-state index in [1.807, 2.05) is 22.9 Å². The molecule has 3 aromatic rings. The van der Waals surface area contributed by atoms with Crippen molar-refractivity contribution >= 4 is 32.9 Å². The van der Waals surface area contributed by atoms with Crippen LogP contribution in [-0.4, -0.2) is 29.2 Å². The van der Waals surface area contributed by atoms with E-state index in [0.29, 0.717) is 11.5 Å². The minimum Gasteiger partial charge on any atom is -0.372 e. The Balaban J connectivity index is 1.60. The number of fused-ring (bicyclic) bond motifs is 1. The van der Waals surface area contributed by atoms with Gasteiger partial charge in [0.2, 0.25) is 0 Å². The highest BCUT2D eigenvalue weighted by Crippen LogP contribution is 2.33. The molecule has 0 bridgehead atoms. The van der Waals surface area contributed by atoms with Crippen molar-refractivity contribution in [3.8, 4) is 10.4 Å². The maximum atomic E-state index is 12.6. The molecule has 0 unspecified atom stereocenters. The molecule has 3 aromatic heterocycles. The Kier molecular flexibility index (Phi) is 4.49. The Morgan fingerprint density at radius 1 is 1.50 bits per heavy atom. The molecule has 3 N–H and O–H groups in total. The Bertz CT molecular complexity index is 879. The van der Waals surface area contributed by atoms with Crippen LogP contribution in [0.1, 0.15) is 31.6 Å². The molecule has 2 atom stereocenters. The first-order valence-electron chi connectivity index (χ1n) is 8.22. The number of hydrogen-bond acceptors (Lipinski definition) is 5. The SMILES string of the molecule is C[C@H]([NH2+]C[C@H]1CCCO1)c1nc2scc(-c3cccs3)c2c(=O)[nH]1. The smallest absolute Gasteiger partial charge is 0.260 e. The molecule has 0 radical (unpaired) electrons. The van der Waals surface area contributed by atoms with Crippen LogP contribution >= 0.6 is 22.7 Å². The van der Waals surface area contributed by atoms with Crippen LogP contribution in [0.4, 0.5) is 0 Å². The van der Waals surface area contributed by atoms with E-state index in [2.05, 4.69) is 17.2 Å². The summed E-state index contributed by atoms with van der Waals surface area (Å²) in [6.07, 6.45) is 2.60. The predicted molar refractivity (Wildman–Crippen MR) is 97.7 cm³/mol. The highest BCUT2D eigenvalue weighted by molar-refractivity contribution is 7.18. The fraction of sp³-hybridized carbons (Fsp3) is 0.412. The van der Waals surface area contributed by atoms with Crippen LogP contribution in [-0.2, 0) is 4.74 Å². The fourth-order valence-electron chi connectivity index (χ4n) is 3.09. The van der Waals surface area contributed by atoms with Crippen LogP contribution in [0.15, 0.2) is 27.7 Å². The van der Waals surface area contributed by atoms with E-state index in [0.717, 1.165) is 47.1 Å². The molecule has 4 heterocycles. The highest BCUT2D eigenvalue weighted by Gasteiger charge is 2.21. The number of hydrogen-bond donors (Lipinski definition) is 2. The summed E-state index contributed by atoms with van der Waals surface area (Å²) in [5.74, 6) is 0.741. The van der Waals surface area contributed by atoms with E-state index < -0.39 is 0 Å². The summed E-state index contributed by atoms with van der Waals surface area (Å²) in [5.41, 5.74) is 0.943. The fourth-order valence-corrected chi connectivity index (χ4v) is 4.86. The molecule has 0 aromatic carbocycles. The van der Waals surface area contributed by atoms with E-state index in [9.17, 15) is 4.79 Å². The monoisotopic (exact) mass is 362 g/mol. The summed E-state index contributed by atoms with van der Waals surface area (Å²) in [4.78, 5) is 22.2. The molecule has 1 saturated heterocycles. The summed E-state index contributed by atoms with van der Waals surface area (Å²) < 4.78 is 5.66. The van der Waals surface area contributed by atoms with Gasteiger partial charge in [-0.3, -0.25) is 4.79 Å². The molecule has 0 amide bonds. The van der Waals surface area contributed by atoms with Gasteiger partial charge in [0.15, 0.2) is 5.82 Å². The van der Waals surface area contributed by atoms with E-state index in [-0.39, 0.29) is 11.6 Å². The van der Waals surface area contributed by atoms with Gasteiger partial charge in [-0.25, -0.2) is 4.98 Å². The number of nitrogens with zero attached hydrogens (tertiary/aromatic N) is 1. The Morgan fingerprint density at radius 3 is 3.17 bits per heavy atom. The summed E-state index contributed by atoms with van der Waals surface area (Å²) in [6, 6.07) is 4.15. The van der Waals surface area contributed by atoms with Gasteiger partial charge >= 0.3 is 0 Å². The molecule has 5 nitrogen and oxygen atoms in total. The van der Waals surface area contributed by atoms with Gasteiger partial charge in [-0.05, 0) is 31.2 Å². The first-order valence-corrected chi connectivity index (χ1v) is 9.98. The van der Waals surface area contributed by atoms with Crippen LogP contribution in [0.25, 0.3) is 20.7 Å². The molecule has 126 valence electrons. The molecule has 0 aliphatic carbocycles. The van der Waals surface area contributed by atoms with Crippen molar-refractivity contribution in [3.05, 3.63) is 39.1 Å². The number of aromatic amines is 1. The lowest BCUT2D eigenvalue weighted by Crippen LogP contribution is -2.86. The quantitative estimate of drug-likeness (QED) is 0.733. The first-order chi connectivity index (χ1) is 11.7. The average Bonchev–Trinajstić information content (AvgIpc) is 3.31. The van der Waals surface area contributed by atoms with Gasteiger partial charge in [0, 0.05) is 22.4 Å². The zero-order valence-electron chi connectivity index (χ0n) is 13.5. The van der Waals surface area contributed by atoms with Crippen LogP contribution < -0.4 is 10.9 Å². The maximum Gasteiger partial charge on any atom is 0.260 e. The van der Waals surface area contributed by atoms with E-state index in [1.54, 1.807) is 11.3 Å². The van der Waals surface area contributed by atoms with Crippen LogP contribution in [0, 0.1) is 0 Å². The van der Waals surface area contributed by atoms with Crippen molar-refractivity contribution in [2.75, 3.05) is 13.2 Å². The standard InChI is InChI=1S/C17H19N3O2S2/c1-10(18-8-11-4-2-6-22-11)15-19-16(21)14-12(9-24-17(14)20-15)13-5-3-7-23-13/h3,5,7,9-11,18H,2,4,6,8H2,1H3,(H,19,20,21)/p+1/t10-,11+/m0/s1. The summed E-state index contributed by atoms with van der Waals surface area (Å²) in [7, 11) is 0. The second kappa shape index (κ2) is 6.76. The lowest BCUT2D eigenvalue weighted by atomic mass is 10.2. The van der Waals surface area contributed by atoms with Crippen molar-refractivity contribution in [1.29, 1.82) is 0 Å². The second-order valence-corrected chi connectivity index (χ2v) is 7.96. The van der Waals surface area contributed by atoms with Gasteiger partial charge in [0.25, 0.3) is 5.56 Å². The zero-order chi connectivity index (χ0) is 16.5. The lowest BCUT2D eigenvalue weighted by molar-refractivity contribution is -0.699. The van der Waals surface area contributed by atoms with E-state index in [4.69, 9.17) is 9.72 Å². The predicted octanol–water partition coefficient (Wildman–Crippen LogP) is 2.52.